The normalized spacial score (nSPS) is 11.9. The monoisotopic (exact) mass is 586 g/mol. The van der Waals surface area contributed by atoms with Crippen LogP contribution in [0.15, 0.2) is 59.4 Å². The standard InChI is InChI=1S/C25H26Cl2N2O4.C2HF3O/c1-16(19-6-4-5-7-23(19)33-3)28(2)15-22-20(26)14-21(27)24(30)29(22)13-12-17-8-10-18(11-9-17)25(31)32;3-2(4,5)1-6/h4-11,14,16H,12-13,15H2,1-3H3,(H,31,32);1H/t16-;/m0./s1. The summed E-state index contributed by atoms with van der Waals surface area (Å²) in [4.78, 5) is 34.7. The number of aromatic carboxylic acids is 1. The van der Waals surface area contributed by atoms with E-state index >= 15 is 0 Å². The largest absolute Gasteiger partial charge is 0.496 e. The van der Waals surface area contributed by atoms with Crippen molar-refractivity contribution in [2.75, 3.05) is 14.2 Å². The first-order chi connectivity index (χ1) is 18.3. The molecule has 39 heavy (non-hydrogen) atoms. The van der Waals surface area contributed by atoms with Crippen LogP contribution in [-0.4, -0.2) is 47.2 Å². The number of rotatable bonds is 9. The van der Waals surface area contributed by atoms with Crippen LogP contribution in [0.5, 0.6) is 5.75 Å². The predicted molar refractivity (Wildman–Crippen MR) is 143 cm³/mol. The molecule has 2 aromatic carbocycles. The molecule has 0 spiro atoms. The van der Waals surface area contributed by atoms with Crippen LogP contribution in [0.1, 0.15) is 40.1 Å². The topological polar surface area (TPSA) is 88.8 Å². The molecule has 0 saturated carbocycles. The number of aldehydes is 1. The molecule has 210 valence electrons. The Morgan fingerprint density at radius 1 is 1.13 bits per heavy atom. The molecular formula is C27H27Cl2F3N2O5. The van der Waals surface area contributed by atoms with Crippen LogP contribution < -0.4 is 10.3 Å². The Morgan fingerprint density at radius 3 is 2.26 bits per heavy atom. The molecule has 3 aromatic rings. The summed E-state index contributed by atoms with van der Waals surface area (Å²) < 4.78 is 38.3. The second-order valence-corrected chi connectivity index (χ2v) is 9.30. The van der Waals surface area contributed by atoms with Gasteiger partial charge in [0.15, 0.2) is 0 Å². The Morgan fingerprint density at radius 2 is 1.72 bits per heavy atom. The molecule has 1 atom stereocenters. The Kier molecular flexibility index (Phi) is 11.6. The van der Waals surface area contributed by atoms with E-state index in [-0.39, 0.29) is 22.2 Å². The summed E-state index contributed by atoms with van der Waals surface area (Å²) in [5, 5.41) is 9.55. The lowest BCUT2D eigenvalue weighted by Crippen LogP contribution is -2.30. The van der Waals surface area contributed by atoms with Gasteiger partial charge in [0, 0.05) is 24.7 Å². The quantitative estimate of drug-likeness (QED) is 0.307. The van der Waals surface area contributed by atoms with E-state index in [1.54, 1.807) is 35.9 Å². The number of halogens is 5. The van der Waals surface area contributed by atoms with Gasteiger partial charge in [0.1, 0.15) is 10.8 Å². The number of methoxy groups -OCH3 is 1. The average Bonchev–Trinajstić information content (AvgIpc) is 2.91. The molecule has 12 heteroatoms. The van der Waals surface area contributed by atoms with E-state index in [4.69, 9.17) is 37.8 Å². The number of aryl methyl sites for hydroxylation is 1. The van der Waals surface area contributed by atoms with Gasteiger partial charge in [-0.1, -0.05) is 53.5 Å². The van der Waals surface area contributed by atoms with Gasteiger partial charge in [-0.3, -0.25) is 14.5 Å². The predicted octanol–water partition coefficient (Wildman–Crippen LogP) is 6.05. The van der Waals surface area contributed by atoms with E-state index in [2.05, 4.69) is 11.8 Å². The number of hydrogen-bond donors (Lipinski definition) is 1. The zero-order valence-corrected chi connectivity index (χ0v) is 22.8. The molecule has 1 heterocycles. The minimum atomic E-state index is -4.64. The minimum Gasteiger partial charge on any atom is -0.496 e. The lowest BCUT2D eigenvalue weighted by atomic mass is 10.1. The smallest absolute Gasteiger partial charge is 0.446 e. The third-order valence-electron chi connectivity index (χ3n) is 5.91. The van der Waals surface area contributed by atoms with E-state index < -0.39 is 18.4 Å². The van der Waals surface area contributed by atoms with Crippen molar-refractivity contribution in [1.82, 2.24) is 9.47 Å². The summed E-state index contributed by atoms with van der Waals surface area (Å²) in [6, 6.07) is 15.9. The van der Waals surface area contributed by atoms with Crippen molar-refractivity contribution in [3.8, 4) is 5.75 Å². The molecule has 0 aliphatic carbocycles. The van der Waals surface area contributed by atoms with Crippen molar-refractivity contribution in [2.24, 2.45) is 0 Å². The summed E-state index contributed by atoms with van der Waals surface area (Å²) >= 11 is 12.7. The van der Waals surface area contributed by atoms with Gasteiger partial charge in [-0.25, -0.2) is 4.79 Å². The molecule has 1 N–H and O–H groups in total. The van der Waals surface area contributed by atoms with Crippen molar-refractivity contribution in [2.45, 2.75) is 38.7 Å². The summed E-state index contributed by atoms with van der Waals surface area (Å²) in [5.41, 5.74) is 2.51. The molecule has 0 radical (unpaired) electrons. The lowest BCUT2D eigenvalue weighted by Gasteiger charge is -2.28. The van der Waals surface area contributed by atoms with Gasteiger partial charge >= 0.3 is 12.1 Å². The fourth-order valence-electron chi connectivity index (χ4n) is 3.71. The van der Waals surface area contributed by atoms with E-state index in [9.17, 15) is 22.8 Å². The maximum absolute atomic E-state index is 12.9. The van der Waals surface area contributed by atoms with Crippen LogP contribution in [0.4, 0.5) is 13.2 Å². The van der Waals surface area contributed by atoms with Crippen LogP contribution in [0.2, 0.25) is 10.0 Å². The number of carboxylic acids is 1. The number of hydrogen-bond acceptors (Lipinski definition) is 5. The molecule has 0 bridgehead atoms. The molecule has 0 aliphatic heterocycles. The van der Waals surface area contributed by atoms with Gasteiger partial charge in [0.25, 0.3) is 5.56 Å². The Bertz CT molecular complexity index is 1340. The van der Waals surface area contributed by atoms with Crippen LogP contribution in [0.25, 0.3) is 0 Å². The number of ether oxygens (including phenoxy) is 1. The summed E-state index contributed by atoms with van der Waals surface area (Å²) in [6.45, 7) is 2.84. The average molecular weight is 587 g/mol. The molecule has 0 saturated heterocycles. The van der Waals surface area contributed by atoms with Crippen molar-refractivity contribution < 1.29 is 32.6 Å². The van der Waals surface area contributed by atoms with Crippen LogP contribution in [0.3, 0.4) is 0 Å². The number of alkyl halides is 3. The third-order valence-corrected chi connectivity index (χ3v) is 6.51. The van der Waals surface area contributed by atoms with Crippen LogP contribution in [0, 0.1) is 0 Å². The third kappa shape index (κ3) is 9.12. The zero-order valence-electron chi connectivity index (χ0n) is 21.3. The molecule has 0 aliphatic rings. The van der Waals surface area contributed by atoms with Crippen molar-refractivity contribution in [3.63, 3.8) is 0 Å². The highest BCUT2D eigenvalue weighted by molar-refractivity contribution is 6.34. The maximum atomic E-state index is 12.9. The molecule has 0 unspecified atom stereocenters. The molecule has 0 fully saturated rings. The number of benzene rings is 2. The first-order valence-electron chi connectivity index (χ1n) is 11.5. The summed E-state index contributed by atoms with van der Waals surface area (Å²) in [6.07, 6.45) is -5.18. The van der Waals surface area contributed by atoms with Gasteiger partial charge in [0.05, 0.1) is 23.4 Å². The van der Waals surface area contributed by atoms with Crippen molar-refractivity contribution >= 4 is 35.5 Å². The van der Waals surface area contributed by atoms with Crippen molar-refractivity contribution in [1.29, 1.82) is 0 Å². The Balaban J connectivity index is 0.000000798. The fourth-order valence-corrected chi connectivity index (χ4v) is 4.25. The number of carbonyl (C=O) groups excluding carboxylic acids is 1. The van der Waals surface area contributed by atoms with Crippen LogP contribution in [-0.2, 0) is 24.3 Å². The lowest BCUT2D eigenvalue weighted by molar-refractivity contribution is -0.156. The fraction of sp³-hybridized carbons (Fsp3) is 0.296. The Hall–Kier alpha value is -3.34. The zero-order chi connectivity index (χ0) is 29.3. The first kappa shape index (κ1) is 31.9. The first-order valence-corrected chi connectivity index (χ1v) is 12.3. The van der Waals surface area contributed by atoms with Gasteiger partial charge < -0.3 is 14.4 Å². The van der Waals surface area contributed by atoms with E-state index in [1.165, 1.54) is 6.07 Å². The summed E-state index contributed by atoms with van der Waals surface area (Å²) in [7, 11) is 3.60. The number of aromatic nitrogens is 1. The highest BCUT2D eigenvalue weighted by Gasteiger charge is 2.25. The highest BCUT2D eigenvalue weighted by atomic mass is 35.5. The number of para-hydroxylation sites is 1. The molecule has 0 amide bonds. The number of carbonyl (C=O) groups is 2. The maximum Gasteiger partial charge on any atom is 0.446 e. The minimum absolute atomic E-state index is 0.00000909. The van der Waals surface area contributed by atoms with Crippen LogP contribution >= 0.6 is 23.2 Å². The second kappa shape index (κ2) is 14.2. The Labute approximate surface area is 233 Å². The van der Waals surface area contributed by atoms with E-state index in [0.29, 0.717) is 30.2 Å². The second-order valence-electron chi connectivity index (χ2n) is 8.49. The van der Waals surface area contributed by atoms with E-state index in [1.807, 2.05) is 31.3 Å². The summed E-state index contributed by atoms with van der Waals surface area (Å²) in [5.74, 6) is -0.185. The molecule has 1 aromatic heterocycles. The van der Waals surface area contributed by atoms with Gasteiger partial charge in [0.2, 0.25) is 6.29 Å². The number of pyridine rings is 1. The van der Waals surface area contributed by atoms with Gasteiger partial charge in [-0.15, -0.1) is 0 Å². The van der Waals surface area contributed by atoms with Crippen molar-refractivity contribution in [3.05, 3.63) is 97.4 Å². The van der Waals surface area contributed by atoms with Gasteiger partial charge in [-0.2, -0.15) is 13.2 Å². The number of nitrogens with zero attached hydrogens (tertiary/aromatic N) is 2. The van der Waals surface area contributed by atoms with Gasteiger partial charge in [-0.05, 0) is 50.2 Å². The number of carboxylic acid groups (broad SMARTS) is 1. The molecular weight excluding hydrogens is 560 g/mol. The SMILES string of the molecule is COc1ccccc1[C@H](C)N(C)Cc1c(Cl)cc(Cl)c(=O)n1CCc1ccc(C(=O)O)cc1.O=CC(F)(F)F. The molecule has 3 rings (SSSR count). The molecule has 7 nitrogen and oxygen atoms in total. The van der Waals surface area contributed by atoms with E-state index in [0.717, 1.165) is 16.9 Å². The highest BCUT2D eigenvalue weighted by Crippen LogP contribution is 2.30.